The van der Waals surface area contributed by atoms with Crippen LogP contribution in [0.5, 0.6) is 5.75 Å². The average molecular weight is 718 g/mol. The average Bonchev–Trinajstić information content (AvgIpc) is 3.00. The quantitative estimate of drug-likeness (QED) is 0.159. The van der Waals surface area contributed by atoms with E-state index in [0.29, 0.717) is 32.2 Å². The summed E-state index contributed by atoms with van der Waals surface area (Å²) in [6.45, 7) is 9.24. The minimum Gasteiger partial charge on any atom is -0.489 e. The van der Waals surface area contributed by atoms with Crippen molar-refractivity contribution in [2.45, 2.75) is 59.2 Å². The van der Waals surface area contributed by atoms with E-state index in [2.05, 4.69) is 26.6 Å². The highest BCUT2D eigenvalue weighted by atomic mass is 79.9. The summed E-state index contributed by atoms with van der Waals surface area (Å²) in [5, 5.41) is 18.5. The van der Waals surface area contributed by atoms with Gasteiger partial charge < -0.3 is 20.5 Å². The van der Waals surface area contributed by atoms with E-state index in [-0.39, 0.29) is 13.0 Å². The molecule has 1 aliphatic carbocycles. The Hall–Kier alpha value is -3.98. The molecule has 1 fully saturated rings. The fraction of sp³-hybridized carbons (Fsp3) is 0.289. The zero-order chi connectivity index (χ0) is 34.0. The second-order valence-electron chi connectivity index (χ2n) is 12.7. The molecule has 4 atom stereocenters. The number of aryl methyl sites for hydroxylation is 4. The van der Waals surface area contributed by atoms with Crippen LogP contribution >= 0.6 is 27.5 Å². The fourth-order valence-electron chi connectivity index (χ4n) is 6.28. The maximum Gasteiger partial charge on any atom is 0.235 e. The molecule has 1 aliphatic rings. The summed E-state index contributed by atoms with van der Waals surface area (Å²) in [7, 11) is 0. The maximum absolute atomic E-state index is 14.4. The number of nitrogens with one attached hydrogen (secondary N) is 2. The van der Waals surface area contributed by atoms with Gasteiger partial charge in [-0.05, 0) is 105 Å². The summed E-state index contributed by atoms with van der Waals surface area (Å²) in [5.41, 5.74) is 4.23. The van der Waals surface area contributed by atoms with E-state index in [1.54, 1.807) is 30.3 Å². The number of rotatable bonds is 8. The van der Waals surface area contributed by atoms with Gasteiger partial charge in [-0.15, -0.1) is 0 Å². The molecule has 0 saturated heterocycles. The lowest BCUT2D eigenvalue weighted by Crippen LogP contribution is -2.56. The predicted molar refractivity (Wildman–Crippen MR) is 189 cm³/mol. The minimum atomic E-state index is -1.78. The fourth-order valence-corrected chi connectivity index (χ4v) is 6.79. The molecule has 0 bridgehead atoms. The Morgan fingerprint density at radius 1 is 0.872 bits per heavy atom. The van der Waals surface area contributed by atoms with Crippen molar-refractivity contribution in [3.05, 3.63) is 122 Å². The first-order valence-electron chi connectivity index (χ1n) is 15.4. The number of Topliss-reactive ketones (excluding diaryl/α,β-unsaturated/α-hetero) is 1. The van der Waals surface area contributed by atoms with Crippen LogP contribution in [0, 0.1) is 39.5 Å². The lowest BCUT2D eigenvalue weighted by atomic mass is 9.61. The zero-order valence-electron chi connectivity index (χ0n) is 27.0. The zero-order valence-corrected chi connectivity index (χ0v) is 29.3. The smallest absolute Gasteiger partial charge is 0.235 e. The minimum absolute atomic E-state index is 0.168. The number of carbonyl (C=O) groups is 3. The molecule has 3 N–H and O–H groups in total. The molecule has 2 amide bonds. The topological polar surface area (TPSA) is 105 Å². The maximum atomic E-state index is 14.4. The van der Waals surface area contributed by atoms with Crippen molar-refractivity contribution in [2.75, 3.05) is 10.6 Å². The SMILES string of the molecule is Cc1ccc(C)c(NC(=O)C2C(=O)CC(C)(O)C(C(=O)Nc3cc(C)ccc3C)C2c2cc(Br)ccc2OCc2ccc(Cl)cc2)c1. The molecule has 47 heavy (non-hydrogen) atoms. The molecule has 0 aliphatic heterocycles. The third kappa shape index (κ3) is 7.78. The lowest BCUT2D eigenvalue weighted by Gasteiger charge is -2.45. The van der Waals surface area contributed by atoms with Crippen LogP contribution in [0.15, 0.2) is 83.3 Å². The van der Waals surface area contributed by atoms with Crippen LogP contribution in [0.4, 0.5) is 11.4 Å². The Morgan fingerprint density at radius 2 is 1.45 bits per heavy atom. The first-order chi connectivity index (χ1) is 22.2. The van der Waals surface area contributed by atoms with Gasteiger partial charge in [0.25, 0.3) is 0 Å². The summed E-state index contributed by atoms with van der Waals surface area (Å²) in [4.78, 5) is 42.6. The van der Waals surface area contributed by atoms with Crippen LogP contribution < -0.4 is 15.4 Å². The second kappa shape index (κ2) is 14.0. The van der Waals surface area contributed by atoms with Crippen LogP contribution in [0.2, 0.25) is 5.02 Å². The summed E-state index contributed by atoms with van der Waals surface area (Å²) < 4.78 is 6.98. The number of halogens is 2. The van der Waals surface area contributed by atoms with Gasteiger partial charge in [0, 0.05) is 38.8 Å². The molecule has 0 radical (unpaired) electrons. The van der Waals surface area contributed by atoms with Gasteiger partial charge in [0.15, 0.2) is 0 Å². The molecule has 4 aromatic carbocycles. The highest BCUT2D eigenvalue weighted by Crippen LogP contribution is 2.49. The normalized spacial score (nSPS) is 20.9. The molecule has 244 valence electrons. The Bertz CT molecular complexity index is 1840. The second-order valence-corrected chi connectivity index (χ2v) is 14.0. The van der Waals surface area contributed by atoms with E-state index in [1.165, 1.54) is 6.92 Å². The van der Waals surface area contributed by atoms with E-state index in [1.807, 2.05) is 76.2 Å². The number of aliphatic hydroxyl groups is 1. The largest absolute Gasteiger partial charge is 0.489 e. The Morgan fingerprint density at radius 3 is 2.04 bits per heavy atom. The van der Waals surface area contributed by atoms with Gasteiger partial charge in [0.1, 0.15) is 24.1 Å². The van der Waals surface area contributed by atoms with Crippen LogP contribution in [0.25, 0.3) is 0 Å². The molecule has 4 aromatic rings. The number of hydrogen-bond donors (Lipinski definition) is 3. The monoisotopic (exact) mass is 716 g/mol. The van der Waals surface area contributed by atoms with Crippen molar-refractivity contribution in [2.24, 2.45) is 11.8 Å². The number of hydrogen-bond acceptors (Lipinski definition) is 5. The van der Waals surface area contributed by atoms with Crippen molar-refractivity contribution < 1.29 is 24.2 Å². The number of carbonyl (C=O) groups excluding carboxylic acids is 3. The number of ketones is 1. The van der Waals surface area contributed by atoms with Crippen molar-refractivity contribution in [1.29, 1.82) is 0 Å². The van der Waals surface area contributed by atoms with E-state index >= 15 is 0 Å². The van der Waals surface area contributed by atoms with Gasteiger partial charge in [-0.25, -0.2) is 0 Å². The highest BCUT2D eigenvalue weighted by molar-refractivity contribution is 9.10. The van der Waals surface area contributed by atoms with Gasteiger partial charge in [-0.2, -0.15) is 0 Å². The third-order valence-electron chi connectivity index (χ3n) is 8.77. The molecular weight excluding hydrogens is 680 g/mol. The number of benzene rings is 4. The summed E-state index contributed by atoms with van der Waals surface area (Å²) >= 11 is 9.63. The Balaban J connectivity index is 1.63. The van der Waals surface area contributed by atoms with Crippen molar-refractivity contribution >= 4 is 56.5 Å². The van der Waals surface area contributed by atoms with Crippen LogP contribution in [0.1, 0.15) is 52.6 Å². The molecule has 4 unspecified atom stereocenters. The summed E-state index contributed by atoms with van der Waals surface area (Å²) in [6, 6.07) is 23.9. The van der Waals surface area contributed by atoms with Gasteiger partial charge >= 0.3 is 0 Å². The van der Waals surface area contributed by atoms with Gasteiger partial charge in [-0.3, -0.25) is 14.4 Å². The standard InChI is InChI=1S/C38H38BrClN2O5/c1-21-6-8-23(3)29(16-21)41-36(44)34-31(43)19-38(5,46)35(37(45)42-30-17-22(2)7-9-24(30)4)33(34)28-18-26(39)12-15-32(28)47-20-25-10-13-27(40)14-11-25/h6-18,33-35,46H,19-20H2,1-5H3,(H,41,44)(H,42,45). The van der Waals surface area contributed by atoms with E-state index in [4.69, 9.17) is 16.3 Å². The molecular formula is C38H38BrClN2O5. The molecule has 0 spiro atoms. The van der Waals surface area contributed by atoms with Crippen LogP contribution in [-0.2, 0) is 21.0 Å². The Kier molecular flexibility index (Phi) is 10.2. The van der Waals surface area contributed by atoms with Crippen molar-refractivity contribution in [3.8, 4) is 5.75 Å². The van der Waals surface area contributed by atoms with Gasteiger partial charge in [-0.1, -0.05) is 63.9 Å². The van der Waals surface area contributed by atoms with E-state index in [0.717, 1.165) is 27.8 Å². The molecule has 5 rings (SSSR count). The van der Waals surface area contributed by atoms with Crippen LogP contribution in [-0.4, -0.2) is 28.3 Å². The number of ether oxygens (including phenoxy) is 1. The van der Waals surface area contributed by atoms with Gasteiger partial charge in [0.2, 0.25) is 11.8 Å². The van der Waals surface area contributed by atoms with Crippen molar-refractivity contribution in [3.63, 3.8) is 0 Å². The van der Waals surface area contributed by atoms with Gasteiger partial charge in [0.05, 0.1) is 11.5 Å². The molecule has 7 nitrogen and oxygen atoms in total. The van der Waals surface area contributed by atoms with E-state index in [9.17, 15) is 19.5 Å². The summed E-state index contributed by atoms with van der Waals surface area (Å²) in [6.07, 6.45) is -0.381. The van der Waals surface area contributed by atoms with E-state index < -0.39 is 41.0 Å². The lowest BCUT2D eigenvalue weighted by molar-refractivity contribution is -0.150. The molecule has 9 heteroatoms. The van der Waals surface area contributed by atoms with Crippen molar-refractivity contribution in [1.82, 2.24) is 0 Å². The first kappa shape index (κ1) is 34.4. The van der Waals surface area contributed by atoms with Crippen LogP contribution in [0.3, 0.4) is 0 Å². The molecule has 0 aromatic heterocycles. The number of anilines is 2. The molecule has 0 heterocycles. The summed E-state index contributed by atoms with van der Waals surface area (Å²) in [5.74, 6) is -4.75. The predicted octanol–water partition coefficient (Wildman–Crippen LogP) is 8.23. The first-order valence-corrected chi connectivity index (χ1v) is 16.6. The highest BCUT2D eigenvalue weighted by Gasteiger charge is 2.56. The Labute approximate surface area is 288 Å². The third-order valence-corrected chi connectivity index (χ3v) is 9.52. The molecule has 1 saturated carbocycles. The number of amides is 2.